The Balaban J connectivity index is 1.68. The van der Waals surface area contributed by atoms with Crippen LogP contribution in [-0.2, 0) is 4.74 Å². The van der Waals surface area contributed by atoms with Gasteiger partial charge in [-0.3, -0.25) is 0 Å². The molecular formula is C26H20N2O6. The Labute approximate surface area is 195 Å². The van der Waals surface area contributed by atoms with E-state index in [-0.39, 0.29) is 22.8 Å². The predicted molar refractivity (Wildman–Crippen MR) is 121 cm³/mol. The average Bonchev–Trinajstić information content (AvgIpc) is 2.87. The van der Waals surface area contributed by atoms with Gasteiger partial charge in [-0.25, -0.2) is 9.59 Å². The summed E-state index contributed by atoms with van der Waals surface area (Å²) in [4.78, 5) is 24.4. The van der Waals surface area contributed by atoms with E-state index >= 15 is 0 Å². The molecule has 8 nitrogen and oxygen atoms in total. The summed E-state index contributed by atoms with van der Waals surface area (Å²) in [5, 5.41) is 9.73. The quantitative estimate of drug-likeness (QED) is 0.453. The molecule has 0 aliphatic carbocycles. The van der Waals surface area contributed by atoms with Crippen LogP contribution in [0.25, 0.3) is 0 Å². The minimum Gasteiger partial charge on any atom is -0.496 e. The molecule has 170 valence electrons. The molecule has 0 radical (unpaired) electrons. The molecule has 0 spiro atoms. The number of allylic oxidation sites excluding steroid dienone is 1. The molecular weight excluding hydrogens is 436 g/mol. The lowest BCUT2D eigenvalue weighted by atomic mass is 9.83. The van der Waals surface area contributed by atoms with Gasteiger partial charge in [-0.2, -0.15) is 5.26 Å². The van der Waals surface area contributed by atoms with Gasteiger partial charge in [0, 0.05) is 11.6 Å². The Kier molecular flexibility index (Phi) is 6.19. The van der Waals surface area contributed by atoms with E-state index in [1.54, 1.807) is 66.7 Å². The molecule has 3 aromatic rings. The van der Waals surface area contributed by atoms with Crippen molar-refractivity contribution in [2.24, 2.45) is 5.73 Å². The van der Waals surface area contributed by atoms with Crippen LogP contribution in [0.1, 0.15) is 37.8 Å². The maximum atomic E-state index is 12.7. The molecule has 0 saturated carbocycles. The number of esters is 2. The third-order valence-electron chi connectivity index (χ3n) is 5.39. The fraction of sp³-hybridized carbons (Fsp3) is 0.115. The van der Waals surface area contributed by atoms with Crippen molar-refractivity contribution in [1.82, 2.24) is 0 Å². The molecule has 8 heteroatoms. The number of nitrogens with two attached hydrogens (primary N) is 1. The SMILES string of the molecule is COC(=O)c1ccc(C2C(C#N)=C(N)Oc3cc(OC(=O)c4ccccc4OC)ccc32)cc1. The van der Waals surface area contributed by atoms with Gasteiger partial charge in [0.2, 0.25) is 5.88 Å². The van der Waals surface area contributed by atoms with Crippen LogP contribution in [0.5, 0.6) is 17.2 Å². The molecule has 0 bridgehead atoms. The first-order valence-corrected chi connectivity index (χ1v) is 10.2. The number of rotatable bonds is 5. The maximum Gasteiger partial charge on any atom is 0.347 e. The van der Waals surface area contributed by atoms with Crippen LogP contribution in [0.15, 0.2) is 78.2 Å². The van der Waals surface area contributed by atoms with Crippen molar-refractivity contribution >= 4 is 11.9 Å². The van der Waals surface area contributed by atoms with Crippen molar-refractivity contribution in [3.8, 4) is 23.3 Å². The number of hydrogen-bond donors (Lipinski definition) is 1. The van der Waals surface area contributed by atoms with Crippen LogP contribution in [-0.4, -0.2) is 26.2 Å². The number of nitriles is 1. The van der Waals surface area contributed by atoms with Crippen molar-refractivity contribution in [3.63, 3.8) is 0 Å². The summed E-state index contributed by atoms with van der Waals surface area (Å²) in [7, 11) is 2.78. The summed E-state index contributed by atoms with van der Waals surface area (Å²) in [6, 6.07) is 20.4. The highest BCUT2D eigenvalue weighted by molar-refractivity contribution is 5.94. The lowest BCUT2D eigenvalue weighted by molar-refractivity contribution is 0.0600. The number of methoxy groups -OCH3 is 2. The van der Waals surface area contributed by atoms with Crippen LogP contribution in [0.4, 0.5) is 0 Å². The first-order valence-electron chi connectivity index (χ1n) is 10.2. The van der Waals surface area contributed by atoms with Gasteiger partial charge >= 0.3 is 11.9 Å². The topological polar surface area (TPSA) is 121 Å². The molecule has 2 N–H and O–H groups in total. The van der Waals surface area contributed by atoms with Crippen LogP contribution < -0.4 is 19.9 Å². The number of ether oxygens (including phenoxy) is 4. The second-order valence-corrected chi connectivity index (χ2v) is 7.33. The Bertz CT molecular complexity index is 1340. The summed E-state index contributed by atoms with van der Waals surface area (Å²) >= 11 is 0. The molecule has 0 fully saturated rings. The minimum absolute atomic E-state index is 0.0507. The van der Waals surface area contributed by atoms with Gasteiger partial charge in [0.05, 0.1) is 25.7 Å². The number of carbonyl (C=O) groups is 2. The second kappa shape index (κ2) is 9.38. The highest BCUT2D eigenvalue weighted by Crippen LogP contribution is 2.43. The van der Waals surface area contributed by atoms with Gasteiger partial charge in [0.1, 0.15) is 34.5 Å². The zero-order chi connectivity index (χ0) is 24.2. The van der Waals surface area contributed by atoms with Gasteiger partial charge < -0.3 is 24.7 Å². The van der Waals surface area contributed by atoms with E-state index in [1.807, 2.05) is 0 Å². The van der Waals surface area contributed by atoms with Crippen molar-refractivity contribution in [2.75, 3.05) is 14.2 Å². The number of nitrogens with zero attached hydrogens (tertiary/aromatic N) is 1. The third kappa shape index (κ3) is 4.14. The number of fused-ring (bicyclic) bond motifs is 1. The van der Waals surface area contributed by atoms with E-state index in [0.29, 0.717) is 22.6 Å². The average molecular weight is 456 g/mol. The van der Waals surface area contributed by atoms with Crippen LogP contribution in [0.2, 0.25) is 0 Å². The van der Waals surface area contributed by atoms with Crippen LogP contribution in [0.3, 0.4) is 0 Å². The Hall–Kier alpha value is -4.77. The monoisotopic (exact) mass is 456 g/mol. The largest absolute Gasteiger partial charge is 0.496 e. The van der Waals surface area contributed by atoms with E-state index in [9.17, 15) is 14.9 Å². The summed E-state index contributed by atoms with van der Waals surface area (Å²) in [6.07, 6.45) is 0. The number of para-hydroxylation sites is 1. The van der Waals surface area contributed by atoms with E-state index in [1.165, 1.54) is 14.2 Å². The molecule has 1 heterocycles. The Morgan fingerprint density at radius 3 is 2.41 bits per heavy atom. The van der Waals surface area contributed by atoms with Gasteiger partial charge in [-0.1, -0.05) is 30.3 Å². The summed E-state index contributed by atoms with van der Waals surface area (Å²) in [5.74, 6) is -0.653. The minimum atomic E-state index is -0.593. The van der Waals surface area contributed by atoms with E-state index in [0.717, 1.165) is 5.56 Å². The highest BCUT2D eigenvalue weighted by atomic mass is 16.5. The normalized spacial score (nSPS) is 14.3. The van der Waals surface area contributed by atoms with E-state index < -0.39 is 17.9 Å². The lowest BCUT2D eigenvalue weighted by Gasteiger charge is -2.26. The standard InChI is InChI=1S/C26H20N2O6/c1-31-21-6-4-3-5-19(21)26(30)33-17-11-12-18-22(13-17)34-24(28)20(14-27)23(18)15-7-9-16(10-8-15)25(29)32-2/h3-13,23H,28H2,1-2H3. The molecule has 3 aromatic carbocycles. The molecule has 4 rings (SSSR count). The molecule has 1 atom stereocenters. The van der Waals surface area contributed by atoms with E-state index in [4.69, 9.17) is 24.7 Å². The first-order chi connectivity index (χ1) is 16.5. The summed E-state index contributed by atoms with van der Waals surface area (Å²) in [6.45, 7) is 0. The molecule has 1 unspecified atom stereocenters. The maximum absolute atomic E-state index is 12.7. The van der Waals surface area contributed by atoms with Crippen LogP contribution in [0, 0.1) is 11.3 Å². The van der Waals surface area contributed by atoms with E-state index in [2.05, 4.69) is 6.07 Å². The van der Waals surface area contributed by atoms with Crippen molar-refractivity contribution in [1.29, 1.82) is 5.26 Å². The predicted octanol–water partition coefficient (Wildman–Crippen LogP) is 3.92. The number of carbonyl (C=O) groups excluding carboxylic acids is 2. The zero-order valence-corrected chi connectivity index (χ0v) is 18.4. The zero-order valence-electron chi connectivity index (χ0n) is 18.4. The second-order valence-electron chi connectivity index (χ2n) is 7.33. The lowest BCUT2D eigenvalue weighted by Crippen LogP contribution is -2.21. The highest BCUT2D eigenvalue weighted by Gasteiger charge is 2.31. The molecule has 1 aliphatic heterocycles. The number of hydrogen-bond acceptors (Lipinski definition) is 8. The summed E-state index contributed by atoms with van der Waals surface area (Å²) < 4.78 is 21.2. The van der Waals surface area contributed by atoms with Gasteiger partial charge in [0.25, 0.3) is 0 Å². The van der Waals surface area contributed by atoms with Crippen molar-refractivity contribution in [3.05, 3.63) is 100 Å². The van der Waals surface area contributed by atoms with Crippen LogP contribution >= 0.6 is 0 Å². The molecule has 0 amide bonds. The first kappa shape index (κ1) is 22.4. The third-order valence-corrected chi connectivity index (χ3v) is 5.39. The van der Waals surface area contributed by atoms with Gasteiger partial charge in [0.15, 0.2) is 0 Å². The van der Waals surface area contributed by atoms with Crippen molar-refractivity contribution < 1.29 is 28.5 Å². The van der Waals surface area contributed by atoms with Crippen molar-refractivity contribution in [2.45, 2.75) is 5.92 Å². The van der Waals surface area contributed by atoms with Gasteiger partial charge in [-0.05, 0) is 35.9 Å². The molecule has 0 saturated heterocycles. The Morgan fingerprint density at radius 1 is 1.00 bits per heavy atom. The summed E-state index contributed by atoms with van der Waals surface area (Å²) in [5.41, 5.74) is 8.33. The molecule has 0 aromatic heterocycles. The number of benzene rings is 3. The smallest absolute Gasteiger partial charge is 0.347 e. The molecule has 34 heavy (non-hydrogen) atoms. The van der Waals surface area contributed by atoms with Gasteiger partial charge in [-0.15, -0.1) is 0 Å². The molecule has 1 aliphatic rings. The fourth-order valence-electron chi connectivity index (χ4n) is 3.75. The fourth-order valence-corrected chi connectivity index (χ4v) is 3.75. The Morgan fingerprint density at radius 2 is 1.74 bits per heavy atom.